The van der Waals surface area contributed by atoms with Gasteiger partial charge in [0.15, 0.2) is 0 Å². The molecule has 0 amide bonds. The molecule has 0 aromatic rings. The molecule has 104 valence electrons. The number of nitrogens with zero attached hydrogens (tertiary/aromatic N) is 1. The first kappa shape index (κ1) is 17.0. The molecule has 0 aliphatic heterocycles. The van der Waals surface area contributed by atoms with Crippen molar-refractivity contribution >= 4 is 0 Å². The van der Waals surface area contributed by atoms with Crippen LogP contribution in [0.1, 0.15) is 60.3 Å². The predicted molar refractivity (Wildman–Crippen MR) is 79.4 cm³/mol. The van der Waals surface area contributed by atoms with Crippen molar-refractivity contribution in [3.63, 3.8) is 0 Å². The van der Waals surface area contributed by atoms with Crippen molar-refractivity contribution in [1.29, 1.82) is 0 Å². The fourth-order valence-electron chi connectivity index (χ4n) is 2.49. The van der Waals surface area contributed by atoms with Crippen LogP contribution in [-0.2, 0) is 0 Å². The van der Waals surface area contributed by atoms with E-state index >= 15 is 0 Å². The average molecular weight is 241 g/mol. The van der Waals surface area contributed by atoms with Crippen LogP contribution >= 0.6 is 0 Å². The lowest BCUT2D eigenvalue weighted by molar-refractivity contribution is 0.199. The van der Waals surface area contributed by atoms with E-state index in [-0.39, 0.29) is 0 Å². The predicted octanol–water partition coefficient (Wildman–Crippen LogP) is 4.67. The monoisotopic (exact) mass is 241 g/mol. The Morgan fingerprint density at radius 1 is 0.824 bits per heavy atom. The van der Waals surface area contributed by atoms with Crippen LogP contribution in [0.4, 0.5) is 0 Å². The zero-order valence-corrected chi connectivity index (χ0v) is 13.3. The van der Waals surface area contributed by atoms with Crippen molar-refractivity contribution in [3.8, 4) is 0 Å². The van der Waals surface area contributed by atoms with Gasteiger partial charge in [0.25, 0.3) is 0 Å². The molecule has 0 aromatic heterocycles. The van der Waals surface area contributed by atoms with Gasteiger partial charge in [-0.1, -0.05) is 53.9 Å². The van der Waals surface area contributed by atoms with E-state index in [9.17, 15) is 0 Å². The lowest BCUT2D eigenvalue weighted by Gasteiger charge is -2.29. The highest BCUT2D eigenvalue weighted by atomic mass is 15.1. The summed E-state index contributed by atoms with van der Waals surface area (Å²) in [5.74, 6) is 3.39. The summed E-state index contributed by atoms with van der Waals surface area (Å²) in [7, 11) is 4.41. The highest BCUT2D eigenvalue weighted by molar-refractivity contribution is 4.71. The van der Waals surface area contributed by atoms with Crippen LogP contribution in [0, 0.1) is 23.7 Å². The Labute approximate surface area is 110 Å². The molecule has 0 N–H and O–H groups in total. The van der Waals surface area contributed by atoms with Gasteiger partial charge in [-0.3, -0.25) is 0 Å². The van der Waals surface area contributed by atoms with E-state index in [4.69, 9.17) is 0 Å². The van der Waals surface area contributed by atoms with E-state index in [2.05, 4.69) is 53.6 Å². The van der Waals surface area contributed by atoms with Crippen molar-refractivity contribution in [2.24, 2.45) is 23.7 Å². The average Bonchev–Trinajstić information content (AvgIpc) is 2.20. The molecule has 0 rings (SSSR count). The number of hydrogen-bond acceptors (Lipinski definition) is 1. The molecule has 2 unspecified atom stereocenters. The van der Waals surface area contributed by atoms with E-state index < -0.39 is 0 Å². The Kier molecular flexibility index (Phi) is 8.94. The van der Waals surface area contributed by atoms with Crippen LogP contribution in [0.3, 0.4) is 0 Å². The lowest BCUT2D eigenvalue weighted by atomic mass is 9.81. The zero-order chi connectivity index (χ0) is 13.4. The van der Waals surface area contributed by atoms with Gasteiger partial charge in [-0.25, -0.2) is 0 Å². The summed E-state index contributed by atoms with van der Waals surface area (Å²) < 4.78 is 0. The molecule has 0 saturated carbocycles. The molecule has 0 saturated heterocycles. The summed E-state index contributed by atoms with van der Waals surface area (Å²) in [6.07, 6.45) is 5.62. The van der Waals surface area contributed by atoms with Crippen LogP contribution in [0.5, 0.6) is 0 Å². The summed E-state index contributed by atoms with van der Waals surface area (Å²) in [5, 5.41) is 0. The molecular weight excluding hydrogens is 206 g/mol. The Morgan fingerprint density at radius 3 is 1.76 bits per heavy atom. The molecule has 0 radical (unpaired) electrons. The fraction of sp³-hybridized carbons (Fsp3) is 1.00. The van der Waals surface area contributed by atoms with Gasteiger partial charge >= 0.3 is 0 Å². The molecule has 0 aliphatic rings. The molecule has 2 atom stereocenters. The first-order chi connectivity index (χ1) is 7.84. The normalized spacial score (nSPS) is 15.9. The topological polar surface area (TPSA) is 3.24 Å². The molecule has 1 nitrogen and oxygen atoms in total. The number of rotatable bonds is 9. The summed E-state index contributed by atoms with van der Waals surface area (Å²) in [6.45, 7) is 13.1. The Morgan fingerprint density at radius 2 is 1.35 bits per heavy atom. The molecule has 0 aromatic carbocycles. The molecule has 0 heterocycles. The minimum Gasteiger partial charge on any atom is -0.309 e. The summed E-state index contributed by atoms with van der Waals surface area (Å²) in [4.78, 5) is 2.35. The van der Waals surface area contributed by atoms with Crippen molar-refractivity contribution in [3.05, 3.63) is 0 Å². The third kappa shape index (κ3) is 8.65. The van der Waals surface area contributed by atoms with Gasteiger partial charge in [-0.2, -0.15) is 0 Å². The number of hydrogen-bond donors (Lipinski definition) is 0. The maximum atomic E-state index is 2.43. The summed E-state index contributed by atoms with van der Waals surface area (Å²) >= 11 is 0. The third-order valence-corrected chi connectivity index (χ3v) is 4.00. The molecule has 0 aliphatic carbocycles. The van der Waals surface area contributed by atoms with Crippen LogP contribution in [0.25, 0.3) is 0 Å². The molecular formula is C16H35N. The van der Waals surface area contributed by atoms with E-state index in [0.717, 1.165) is 23.7 Å². The molecule has 0 bridgehead atoms. The highest BCUT2D eigenvalue weighted by Gasteiger charge is 2.20. The fourth-order valence-corrected chi connectivity index (χ4v) is 2.49. The molecule has 0 fully saturated rings. The SMILES string of the molecule is CC(C)CCCCC(CN(C)C)C(C)C(C)C. The second-order valence-corrected chi connectivity index (χ2v) is 6.80. The van der Waals surface area contributed by atoms with E-state index in [1.54, 1.807) is 0 Å². The maximum absolute atomic E-state index is 2.43. The van der Waals surface area contributed by atoms with Gasteiger partial charge in [-0.05, 0) is 44.2 Å². The first-order valence-electron chi connectivity index (χ1n) is 7.49. The Hall–Kier alpha value is -0.0400. The highest BCUT2D eigenvalue weighted by Crippen LogP contribution is 2.26. The van der Waals surface area contributed by atoms with Gasteiger partial charge in [0, 0.05) is 6.54 Å². The van der Waals surface area contributed by atoms with Crippen LogP contribution in [-0.4, -0.2) is 25.5 Å². The second-order valence-electron chi connectivity index (χ2n) is 6.80. The minimum atomic E-state index is 0.810. The summed E-state index contributed by atoms with van der Waals surface area (Å²) in [6, 6.07) is 0. The number of unbranched alkanes of at least 4 members (excludes halogenated alkanes) is 1. The van der Waals surface area contributed by atoms with Gasteiger partial charge in [0.05, 0.1) is 0 Å². The van der Waals surface area contributed by atoms with E-state index in [0.29, 0.717) is 0 Å². The Balaban J connectivity index is 4.02. The smallest absolute Gasteiger partial charge is 0.000620 e. The minimum absolute atomic E-state index is 0.810. The standard InChI is InChI=1S/C16H35N/c1-13(2)10-8-9-11-16(12-17(6)7)15(5)14(3)4/h13-16H,8-12H2,1-7H3. The zero-order valence-electron chi connectivity index (χ0n) is 13.3. The van der Waals surface area contributed by atoms with Crippen LogP contribution < -0.4 is 0 Å². The van der Waals surface area contributed by atoms with Crippen LogP contribution in [0.15, 0.2) is 0 Å². The van der Waals surface area contributed by atoms with Gasteiger partial charge in [-0.15, -0.1) is 0 Å². The van der Waals surface area contributed by atoms with E-state index in [1.165, 1.54) is 32.2 Å². The first-order valence-corrected chi connectivity index (χ1v) is 7.49. The molecule has 17 heavy (non-hydrogen) atoms. The van der Waals surface area contributed by atoms with Crippen molar-refractivity contribution < 1.29 is 0 Å². The van der Waals surface area contributed by atoms with Crippen LogP contribution in [0.2, 0.25) is 0 Å². The second kappa shape index (κ2) is 8.97. The third-order valence-electron chi connectivity index (χ3n) is 4.00. The largest absolute Gasteiger partial charge is 0.309 e. The van der Waals surface area contributed by atoms with Crippen molar-refractivity contribution in [2.45, 2.75) is 60.3 Å². The quantitative estimate of drug-likeness (QED) is 0.530. The Bertz CT molecular complexity index is 172. The van der Waals surface area contributed by atoms with Crippen molar-refractivity contribution in [2.75, 3.05) is 20.6 Å². The summed E-state index contributed by atoms with van der Waals surface area (Å²) in [5.41, 5.74) is 0. The van der Waals surface area contributed by atoms with Gasteiger partial charge in [0.2, 0.25) is 0 Å². The van der Waals surface area contributed by atoms with E-state index in [1.807, 2.05) is 0 Å². The van der Waals surface area contributed by atoms with Crippen molar-refractivity contribution in [1.82, 2.24) is 4.90 Å². The van der Waals surface area contributed by atoms with Gasteiger partial charge in [0.1, 0.15) is 0 Å². The maximum Gasteiger partial charge on any atom is 0.000620 e. The molecule has 1 heteroatoms. The lowest BCUT2D eigenvalue weighted by Crippen LogP contribution is -2.28. The van der Waals surface area contributed by atoms with Gasteiger partial charge < -0.3 is 4.90 Å². The molecule has 0 spiro atoms.